The fourth-order valence-corrected chi connectivity index (χ4v) is 2.56. The Balaban J connectivity index is 1.88. The fourth-order valence-electron chi connectivity index (χ4n) is 2.44. The largest absolute Gasteiger partial charge is 0.477 e. The first kappa shape index (κ1) is 17.6. The summed E-state index contributed by atoms with van der Waals surface area (Å²) in [5.41, 5.74) is 0.499. The molecule has 1 N–H and O–H groups in total. The van der Waals surface area contributed by atoms with Gasteiger partial charge in [-0.2, -0.15) is 0 Å². The van der Waals surface area contributed by atoms with Crippen LogP contribution < -0.4 is 15.0 Å². The molecule has 10 heteroatoms. The number of fused-ring (bicyclic) bond motifs is 1. The molecule has 2 aromatic rings. The number of halogens is 1. The van der Waals surface area contributed by atoms with Crippen molar-refractivity contribution in [1.82, 2.24) is 4.98 Å². The summed E-state index contributed by atoms with van der Waals surface area (Å²) in [6.45, 7) is 1.21. The number of pyridine rings is 1. The van der Waals surface area contributed by atoms with Crippen molar-refractivity contribution in [2.24, 2.45) is 0 Å². The van der Waals surface area contributed by atoms with Gasteiger partial charge in [-0.05, 0) is 47.2 Å². The second kappa shape index (κ2) is 6.96. The average molecular weight is 377 g/mol. The van der Waals surface area contributed by atoms with Gasteiger partial charge in [0.2, 0.25) is 5.91 Å². The van der Waals surface area contributed by atoms with Crippen LogP contribution in [0.4, 0.5) is 17.3 Å². The summed E-state index contributed by atoms with van der Waals surface area (Å²) < 4.78 is 5.24. The second-order valence-electron chi connectivity index (χ2n) is 5.47. The first-order chi connectivity index (χ1) is 12.4. The van der Waals surface area contributed by atoms with E-state index >= 15 is 0 Å². The van der Waals surface area contributed by atoms with Gasteiger partial charge in [-0.3, -0.25) is 14.5 Å². The molecule has 0 saturated heterocycles. The summed E-state index contributed by atoms with van der Waals surface area (Å²) >= 11 is 5.81. The summed E-state index contributed by atoms with van der Waals surface area (Å²) in [6.07, 6.45) is 0. The number of benzene rings is 1. The number of carbonyl (C=O) groups is 2. The molecular formula is C16H13ClN4O5. The highest BCUT2D eigenvalue weighted by molar-refractivity contribution is 6.30. The first-order valence-electron chi connectivity index (χ1n) is 7.53. The fraction of sp³-hybridized carbons (Fsp3) is 0.188. The van der Waals surface area contributed by atoms with E-state index in [2.05, 4.69) is 10.3 Å². The Kier molecular flexibility index (Phi) is 4.72. The highest BCUT2D eigenvalue weighted by Gasteiger charge is 2.38. The van der Waals surface area contributed by atoms with Crippen LogP contribution in [-0.4, -0.2) is 34.4 Å². The van der Waals surface area contributed by atoms with Crippen LogP contribution in [0.15, 0.2) is 36.4 Å². The van der Waals surface area contributed by atoms with Gasteiger partial charge in [0, 0.05) is 16.8 Å². The van der Waals surface area contributed by atoms with Crippen LogP contribution in [0.2, 0.25) is 5.02 Å². The van der Waals surface area contributed by atoms with Crippen LogP contribution in [0.25, 0.3) is 0 Å². The third-order valence-corrected chi connectivity index (χ3v) is 3.99. The minimum Gasteiger partial charge on any atom is -0.477 e. The topological polar surface area (TPSA) is 115 Å². The molecule has 0 radical (unpaired) electrons. The highest BCUT2D eigenvalue weighted by Crippen LogP contribution is 2.33. The molecule has 1 aromatic carbocycles. The van der Waals surface area contributed by atoms with E-state index < -0.39 is 28.6 Å². The zero-order valence-corrected chi connectivity index (χ0v) is 14.3. The average Bonchev–Trinajstić information content (AvgIpc) is 2.62. The van der Waals surface area contributed by atoms with Gasteiger partial charge in [-0.1, -0.05) is 11.6 Å². The van der Waals surface area contributed by atoms with Crippen LogP contribution in [-0.2, 0) is 9.59 Å². The highest BCUT2D eigenvalue weighted by atomic mass is 35.5. The molecule has 1 aliphatic heterocycles. The van der Waals surface area contributed by atoms with Gasteiger partial charge >= 0.3 is 5.82 Å². The third kappa shape index (κ3) is 3.42. The van der Waals surface area contributed by atoms with Crippen LogP contribution >= 0.6 is 11.6 Å². The summed E-state index contributed by atoms with van der Waals surface area (Å²) in [5, 5.41) is 14.1. The van der Waals surface area contributed by atoms with Gasteiger partial charge in [0.15, 0.2) is 12.4 Å². The molecule has 134 valence electrons. The molecule has 3 rings (SSSR count). The number of rotatable bonds is 4. The molecule has 2 heterocycles. The first-order valence-corrected chi connectivity index (χ1v) is 7.91. The Labute approximate surface area is 152 Å². The Morgan fingerprint density at radius 2 is 2.04 bits per heavy atom. The van der Waals surface area contributed by atoms with Crippen LogP contribution in [0.1, 0.15) is 6.92 Å². The van der Waals surface area contributed by atoms with E-state index in [-0.39, 0.29) is 18.2 Å². The quantitative estimate of drug-likeness (QED) is 0.647. The van der Waals surface area contributed by atoms with Crippen molar-refractivity contribution in [1.29, 1.82) is 0 Å². The van der Waals surface area contributed by atoms with Gasteiger partial charge in [0.1, 0.15) is 6.04 Å². The van der Waals surface area contributed by atoms with E-state index in [9.17, 15) is 19.7 Å². The van der Waals surface area contributed by atoms with Crippen molar-refractivity contribution < 1.29 is 19.2 Å². The number of hydrogen-bond donors (Lipinski definition) is 1. The number of nitrogens with one attached hydrogen (secondary N) is 1. The summed E-state index contributed by atoms with van der Waals surface area (Å²) in [4.78, 5) is 40.0. The number of carbonyl (C=O) groups excluding carboxylic acids is 2. The minimum atomic E-state index is -0.963. The zero-order valence-electron chi connectivity index (χ0n) is 13.5. The maximum Gasteiger partial charge on any atom is 0.366 e. The number of anilines is 2. The number of nitro groups is 1. The normalized spacial score (nSPS) is 14.2. The van der Waals surface area contributed by atoms with Gasteiger partial charge in [0.05, 0.1) is 0 Å². The summed E-state index contributed by atoms with van der Waals surface area (Å²) in [7, 11) is 0. The molecule has 26 heavy (non-hydrogen) atoms. The molecule has 1 aliphatic rings. The minimum absolute atomic E-state index is 0.0609. The van der Waals surface area contributed by atoms with Crippen LogP contribution in [0.5, 0.6) is 5.75 Å². The van der Waals surface area contributed by atoms with E-state index in [1.165, 1.54) is 19.1 Å². The van der Waals surface area contributed by atoms with E-state index in [1.807, 2.05) is 0 Å². The molecule has 0 bridgehead atoms. The SMILES string of the molecule is CC(C(=O)Nc1ccc(Cl)cc1)N1C(=O)COc2ccc([N+](=O)[O-])nc21. The standard InChI is InChI=1S/C16H13ClN4O5/c1-9(16(23)18-11-4-2-10(17)3-5-11)20-14(22)8-26-12-6-7-13(21(24)25)19-15(12)20/h2-7,9H,8H2,1H3,(H,18,23). The molecular weight excluding hydrogens is 364 g/mol. The number of amides is 2. The van der Waals surface area contributed by atoms with E-state index in [0.717, 1.165) is 4.90 Å². The Morgan fingerprint density at radius 3 is 2.69 bits per heavy atom. The predicted molar refractivity (Wildman–Crippen MR) is 93.4 cm³/mol. The van der Waals surface area contributed by atoms with Gasteiger partial charge < -0.3 is 20.2 Å². The molecule has 0 saturated carbocycles. The second-order valence-corrected chi connectivity index (χ2v) is 5.91. The molecule has 2 amide bonds. The predicted octanol–water partition coefficient (Wildman–Crippen LogP) is 2.40. The molecule has 0 spiro atoms. The van der Waals surface area contributed by atoms with Gasteiger partial charge in [0.25, 0.3) is 11.7 Å². The molecule has 0 aliphatic carbocycles. The molecule has 0 fully saturated rings. The number of ether oxygens (including phenoxy) is 1. The maximum absolute atomic E-state index is 12.5. The van der Waals surface area contributed by atoms with Gasteiger partial charge in [-0.25, -0.2) is 0 Å². The van der Waals surface area contributed by atoms with E-state index in [0.29, 0.717) is 10.7 Å². The van der Waals surface area contributed by atoms with Crippen molar-refractivity contribution in [3.8, 4) is 5.75 Å². The monoisotopic (exact) mass is 376 g/mol. The lowest BCUT2D eigenvalue weighted by Gasteiger charge is -2.29. The van der Waals surface area contributed by atoms with Crippen LogP contribution in [0.3, 0.4) is 0 Å². The van der Waals surface area contributed by atoms with E-state index in [4.69, 9.17) is 16.3 Å². The molecule has 1 atom stereocenters. The number of aromatic nitrogens is 1. The number of hydrogen-bond acceptors (Lipinski definition) is 6. The van der Waals surface area contributed by atoms with Crippen molar-refractivity contribution in [3.63, 3.8) is 0 Å². The number of nitrogens with zero attached hydrogens (tertiary/aromatic N) is 3. The summed E-state index contributed by atoms with van der Waals surface area (Å²) in [5.74, 6) is -1.32. The third-order valence-electron chi connectivity index (χ3n) is 3.74. The maximum atomic E-state index is 12.5. The Bertz CT molecular complexity index is 887. The van der Waals surface area contributed by atoms with Crippen molar-refractivity contribution in [2.45, 2.75) is 13.0 Å². The lowest BCUT2D eigenvalue weighted by atomic mass is 10.2. The molecule has 1 unspecified atom stereocenters. The van der Waals surface area contributed by atoms with Crippen molar-refractivity contribution in [2.75, 3.05) is 16.8 Å². The van der Waals surface area contributed by atoms with Crippen molar-refractivity contribution >= 4 is 40.7 Å². The summed E-state index contributed by atoms with van der Waals surface area (Å²) in [6, 6.07) is 8.02. The lowest BCUT2D eigenvalue weighted by molar-refractivity contribution is -0.389. The van der Waals surface area contributed by atoms with Gasteiger partial charge in [-0.15, -0.1) is 0 Å². The smallest absolute Gasteiger partial charge is 0.366 e. The molecule has 1 aromatic heterocycles. The Hall–Kier alpha value is -3.20. The van der Waals surface area contributed by atoms with E-state index in [1.54, 1.807) is 24.3 Å². The van der Waals surface area contributed by atoms with Crippen LogP contribution in [0, 0.1) is 10.1 Å². The Morgan fingerprint density at radius 1 is 1.35 bits per heavy atom. The zero-order chi connectivity index (χ0) is 18.8. The van der Waals surface area contributed by atoms with Crippen molar-refractivity contribution in [3.05, 3.63) is 51.5 Å². The lowest BCUT2D eigenvalue weighted by Crippen LogP contribution is -2.50. The molecule has 9 nitrogen and oxygen atoms in total.